The third kappa shape index (κ3) is 3.96. The minimum absolute atomic E-state index is 0.0797. The highest BCUT2D eigenvalue weighted by molar-refractivity contribution is 6.51. The second-order valence-electron chi connectivity index (χ2n) is 7.45. The first kappa shape index (κ1) is 22.9. The van der Waals surface area contributed by atoms with Gasteiger partial charge in [-0.15, -0.1) is 0 Å². The minimum atomic E-state index is -0.955. The summed E-state index contributed by atoms with van der Waals surface area (Å²) in [5.41, 5.74) is 1.59. The highest BCUT2D eigenvalue weighted by Gasteiger charge is 2.47. The van der Waals surface area contributed by atoms with Crippen molar-refractivity contribution < 1.29 is 24.2 Å². The van der Waals surface area contributed by atoms with Gasteiger partial charge < -0.3 is 14.6 Å². The molecule has 34 heavy (non-hydrogen) atoms. The number of ketones is 1. The zero-order chi connectivity index (χ0) is 24.4. The van der Waals surface area contributed by atoms with E-state index in [9.17, 15) is 14.7 Å². The first-order chi connectivity index (χ1) is 16.4. The Morgan fingerprint density at radius 3 is 2.21 bits per heavy atom. The summed E-state index contributed by atoms with van der Waals surface area (Å²) in [6, 6.07) is 18.7. The lowest BCUT2D eigenvalue weighted by atomic mass is 9.94. The summed E-state index contributed by atoms with van der Waals surface area (Å²) in [4.78, 5) is 27.7. The molecule has 0 spiro atoms. The van der Waals surface area contributed by atoms with Gasteiger partial charge in [-0.25, -0.2) is 0 Å². The molecule has 3 aromatic carbocycles. The van der Waals surface area contributed by atoms with Crippen LogP contribution in [0.2, 0.25) is 5.02 Å². The van der Waals surface area contributed by atoms with Gasteiger partial charge in [0.1, 0.15) is 5.76 Å². The quantitative estimate of drug-likeness (QED) is 0.322. The second kappa shape index (κ2) is 9.30. The lowest BCUT2D eigenvalue weighted by molar-refractivity contribution is -0.132. The van der Waals surface area contributed by atoms with Gasteiger partial charge in [-0.05, 0) is 66.2 Å². The molecule has 1 atom stereocenters. The molecule has 0 radical (unpaired) electrons. The number of amides is 1. The lowest BCUT2D eigenvalue weighted by Crippen LogP contribution is -2.29. The molecule has 1 aliphatic heterocycles. The number of halogens is 1. The largest absolute Gasteiger partial charge is 0.507 e. The van der Waals surface area contributed by atoms with Crippen LogP contribution in [0.1, 0.15) is 22.7 Å². The van der Waals surface area contributed by atoms with Crippen molar-refractivity contribution in [2.45, 2.75) is 6.04 Å². The predicted octanol–water partition coefficient (Wildman–Crippen LogP) is 4.86. The number of nitrogens with zero attached hydrogens (tertiary/aromatic N) is 2. The lowest BCUT2D eigenvalue weighted by Gasteiger charge is -2.26. The fraction of sp³-hybridized carbons (Fsp3) is 0.115. The predicted molar refractivity (Wildman–Crippen MR) is 127 cm³/mol. The van der Waals surface area contributed by atoms with E-state index in [-0.39, 0.29) is 11.3 Å². The van der Waals surface area contributed by atoms with Crippen LogP contribution in [0.25, 0.3) is 5.76 Å². The fourth-order valence-corrected chi connectivity index (χ4v) is 4.02. The van der Waals surface area contributed by atoms with Gasteiger partial charge in [0.25, 0.3) is 11.7 Å². The first-order valence-electron chi connectivity index (χ1n) is 10.2. The van der Waals surface area contributed by atoms with Gasteiger partial charge in [-0.3, -0.25) is 14.5 Å². The van der Waals surface area contributed by atoms with Crippen LogP contribution in [0.3, 0.4) is 0 Å². The van der Waals surface area contributed by atoms with E-state index in [0.29, 0.717) is 38.9 Å². The Hall–Kier alpha value is -4.28. The molecular formula is C26H19ClN2O5. The standard InChI is InChI=1S/C26H19ClN2O5/c1-33-20-12-7-17(13-21(20)34-2)23-22(24(30)16-5-8-18(27)9-6-16)25(31)26(32)29(23)19-10-3-15(14-28)4-11-19/h3-13,23,30H,1-2H3/b24-22-. The molecule has 170 valence electrons. The van der Waals surface area contributed by atoms with Gasteiger partial charge in [-0.1, -0.05) is 17.7 Å². The first-order valence-corrected chi connectivity index (χ1v) is 10.6. The molecule has 1 N–H and O–H groups in total. The molecule has 1 fully saturated rings. The van der Waals surface area contributed by atoms with E-state index < -0.39 is 17.7 Å². The zero-order valence-electron chi connectivity index (χ0n) is 18.3. The second-order valence-corrected chi connectivity index (χ2v) is 7.89. The Kier molecular flexibility index (Phi) is 6.26. The van der Waals surface area contributed by atoms with Crippen molar-refractivity contribution in [1.82, 2.24) is 0 Å². The van der Waals surface area contributed by atoms with E-state index in [1.165, 1.54) is 19.1 Å². The average molecular weight is 475 g/mol. The molecule has 1 heterocycles. The number of aliphatic hydroxyl groups excluding tert-OH is 1. The Labute approximate surface area is 201 Å². The van der Waals surface area contributed by atoms with Gasteiger partial charge >= 0.3 is 0 Å². The Morgan fingerprint density at radius 1 is 0.971 bits per heavy atom. The molecule has 0 aromatic heterocycles. The molecular weight excluding hydrogens is 456 g/mol. The van der Waals surface area contributed by atoms with Crippen LogP contribution in [0.15, 0.2) is 72.3 Å². The number of ether oxygens (including phenoxy) is 2. The van der Waals surface area contributed by atoms with Gasteiger partial charge in [-0.2, -0.15) is 5.26 Å². The highest BCUT2D eigenvalue weighted by Crippen LogP contribution is 2.44. The fourth-order valence-electron chi connectivity index (χ4n) is 3.90. The van der Waals surface area contributed by atoms with Gasteiger partial charge in [0, 0.05) is 16.3 Å². The summed E-state index contributed by atoms with van der Waals surface area (Å²) in [5, 5.41) is 20.7. The number of carbonyl (C=O) groups is 2. The van der Waals surface area contributed by atoms with E-state index in [0.717, 1.165) is 0 Å². The normalized spacial score (nSPS) is 16.9. The van der Waals surface area contributed by atoms with E-state index in [1.54, 1.807) is 66.7 Å². The van der Waals surface area contributed by atoms with Crippen molar-refractivity contribution >= 4 is 34.7 Å². The maximum absolute atomic E-state index is 13.2. The Balaban J connectivity index is 1.95. The van der Waals surface area contributed by atoms with Gasteiger partial charge in [0.05, 0.1) is 37.5 Å². The molecule has 1 amide bonds. The van der Waals surface area contributed by atoms with Gasteiger partial charge in [0.2, 0.25) is 0 Å². The topological polar surface area (TPSA) is 99.9 Å². The molecule has 1 aliphatic rings. The number of hydrogen-bond donors (Lipinski definition) is 1. The van der Waals surface area contributed by atoms with Crippen molar-refractivity contribution in [3.05, 3.63) is 94.0 Å². The molecule has 0 aliphatic carbocycles. The third-order valence-corrected chi connectivity index (χ3v) is 5.81. The van der Waals surface area contributed by atoms with E-state index in [1.807, 2.05) is 6.07 Å². The smallest absolute Gasteiger partial charge is 0.300 e. The van der Waals surface area contributed by atoms with Crippen LogP contribution in [-0.2, 0) is 9.59 Å². The SMILES string of the molecule is COc1ccc(C2/C(=C(/O)c3ccc(Cl)cc3)C(=O)C(=O)N2c2ccc(C#N)cc2)cc1OC. The Morgan fingerprint density at radius 2 is 1.62 bits per heavy atom. The van der Waals surface area contributed by atoms with E-state index in [2.05, 4.69) is 0 Å². The summed E-state index contributed by atoms with van der Waals surface area (Å²) in [6.45, 7) is 0. The summed E-state index contributed by atoms with van der Waals surface area (Å²) < 4.78 is 10.7. The average Bonchev–Trinajstić information content (AvgIpc) is 3.13. The maximum atomic E-state index is 13.2. The number of benzene rings is 3. The van der Waals surface area contributed by atoms with Crippen molar-refractivity contribution in [1.29, 1.82) is 5.26 Å². The number of rotatable bonds is 5. The monoisotopic (exact) mass is 474 g/mol. The summed E-state index contributed by atoms with van der Waals surface area (Å²) >= 11 is 5.97. The van der Waals surface area contributed by atoms with Crippen LogP contribution < -0.4 is 14.4 Å². The van der Waals surface area contributed by atoms with Crippen molar-refractivity contribution in [3.63, 3.8) is 0 Å². The molecule has 4 rings (SSSR count). The summed E-state index contributed by atoms with van der Waals surface area (Å²) in [6.07, 6.45) is 0. The Bertz CT molecular complexity index is 1340. The minimum Gasteiger partial charge on any atom is -0.507 e. The number of aliphatic hydroxyl groups is 1. The van der Waals surface area contributed by atoms with E-state index in [4.69, 9.17) is 26.3 Å². The number of Topliss-reactive ketones (excluding diaryl/α,β-unsaturated/α-hetero) is 1. The summed E-state index contributed by atoms with van der Waals surface area (Å²) in [7, 11) is 2.98. The molecule has 7 nitrogen and oxygen atoms in total. The molecule has 0 saturated carbocycles. The number of nitriles is 1. The number of carbonyl (C=O) groups excluding carboxylic acids is 2. The molecule has 1 saturated heterocycles. The number of anilines is 1. The molecule has 3 aromatic rings. The maximum Gasteiger partial charge on any atom is 0.300 e. The van der Waals surface area contributed by atoms with Crippen LogP contribution in [0.4, 0.5) is 5.69 Å². The van der Waals surface area contributed by atoms with Crippen LogP contribution in [-0.4, -0.2) is 31.0 Å². The van der Waals surface area contributed by atoms with Crippen LogP contribution in [0.5, 0.6) is 11.5 Å². The van der Waals surface area contributed by atoms with E-state index >= 15 is 0 Å². The van der Waals surface area contributed by atoms with Crippen molar-refractivity contribution in [2.75, 3.05) is 19.1 Å². The molecule has 8 heteroatoms. The highest BCUT2D eigenvalue weighted by atomic mass is 35.5. The third-order valence-electron chi connectivity index (χ3n) is 5.56. The number of hydrogen-bond acceptors (Lipinski definition) is 6. The van der Waals surface area contributed by atoms with Crippen LogP contribution in [0, 0.1) is 11.3 Å². The summed E-state index contributed by atoms with van der Waals surface area (Å²) in [5.74, 6) is -1.10. The van der Waals surface area contributed by atoms with Crippen molar-refractivity contribution in [2.24, 2.45) is 0 Å². The zero-order valence-corrected chi connectivity index (χ0v) is 19.0. The molecule has 0 bridgehead atoms. The number of methoxy groups -OCH3 is 2. The van der Waals surface area contributed by atoms with Crippen LogP contribution >= 0.6 is 11.6 Å². The van der Waals surface area contributed by atoms with Crippen molar-refractivity contribution in [3.8, 4) is 17.6 Å². The van der Waals surface area contributed by atoms with Gasteiger partial charge in [0.15, 0.2) is 11.5 Å². The molecule has 1 unspecified atom stereocenters.